The van der Waals surface area contributed by atoms with E-state index in [0.29, 0.717) is 31.0 Å². The second-order valence-electron chi connectivity index (χ2n) is 6.59. The first-order valence-electron chi connectivity index (χ1n) is 9.20. The summed E-state index contributed by atoms with van der Waals surface area (Å²) in [7, 11) is 1.93. The van der Waals surface area contributed by atoms with Gasteiger partial charge < -0.3 is 24.1 Å². The minimum absolute atomic E-state index is 0.157. The molecule has 7 heteroatoms. The van der Waals surface area contributed by atoms with Crippen LogP contribution in [0.15, 0.2) is 42.5 Å². The fourth-order valence-electron chi connectivity index (χ4n) is 2.92. The summed E-state index contributed by atoms with van der Waals surface area (Å²) in [6.45, 7) is 3.64. The van der Waals surface area contributed by atoms with Crippen molar-refractivity contribution in [1.82, 2.24) is 4.90 Å². The van der Waals surface area contributed by atoms with Crippen LogP contribution < -0.4 is 14.2 Å². The molecular formula is C21H25NO6. The van der Waals surface area contributed by atoms with E-state index in [1.807, 2.05) is 30.1 Å². The Bertz CT molecular complexity index is 792. The Kier molecular flexibility index (Phi) is 6.73. The highest BCUT2D eigenvalue weighted by molar-refractivity contribution is 5.89. The fourth-order valence-corrected chi connectivity index (χ4v) is 2.92. The molecule has 0 aliphatic carbocycles. The van der Waals surface area contributed by atoms with Crippen molar-refractivity contribution in [3.05, 3.63) is 53.6 Å². The van der Waals surface area contributed by atoms with Gasteiger partial charge in [0.1, 0.15) is 18.5 Å². The minimum atomic E-state index is -0.649. The highest BCUT2D eigenvalue weighted by Crippen LogP contribution is 2.32. The molecule has 1 atom stereocenters. The summed E-state index contributed by atoms with van der Waals surface area (Å²) in [5, 5.41) is 10.2. The monoisotopic (exact) mass is 387 g/mol. The predicted octanol–water partition coefficient (Wildman–Crippen LogP) is 2.46. The lowest BCUT2D eigenvalue weighted by atomic mass is 10.2. The van der Waals surface area contributed by atoms with Gasteiger partial charge in [0, 0.05) is 13.1 Å². The van der Waals surface area contributed by atoms with Crippen LogP contribution in [0.25, 0.3) is 0 Å². The summed E-state index contributed by atoms with van der Waals surface area (Å²) in [6, 6.07) is 12.5. The first-order chi connectivity index (χ1) is 13.5. The SMILES string of the molecule is CCOC(=O)c1ccc(OC[C@@H](O)CN(C)Cc2ccc3c(c2)OCO3)cc1. The molecule has 0 bridgehead atoms. The van der Waals surface area contributed by atoms with E-state index in [2.05, 4.69) is 0 Å². The van der Waals surface area contributed by atoms with Crippen molar-refractivity contribution in [3.63, 3.8) is 0 Å². The second kappa shape index (κ2) is 9.43. The zero-order valence-electron chi connectivity index (χ0n) is 16.1. The van der Waals surface area contributed by atoms with Gasteiger partial charge in [0.15, 0.2) is 11.5 Å². The van der Waals surface area contributed by atoms with Crippen LogP contribution >= 0.6 is 0 Å². The van der Waals surface area contributed by atoms with Crippen molar-refractivity contribution < 1.29 is 28.8 Å². The van der Waals surface area contributed by atoms with Crippen molar-refractivity contribution in [1.29, 1.82) is 0 Å². The van der Waals surface area contributed by atoms with E-state index >= 15 is 0 Å². The Morgan fingerprint density at radius 1 is 1.18 bits per heavy atom. The van der Waals surface area contributed by atoms with Gasteiger partial charge in [-0.05, 0) is 55.9 Å². The molecule has 2 aromatic rings. The maximum atomic E-state index is 11.6. The number of rotatable bonds is 9. The van der Waals surface area contributed by atoms with Crippen LogP contribution in [0.4, 0.5) is 0 Å². The minimum Gasteiger partial charge on any atom is -0.491 e. The third-order valence-electron chi connectivity index (χ3n) is 4.22. The lowest BCUT2D eigenvalue weighted by Gasteiger charge is -2.21. The van der Waals surface area contributed by atoms with Crippen molar-refractivity contribution in [3.8, 4) is 17.2 Å². The molecule has 0 saturated carbocycles. The molecule has 0 saturated heterocycles. The van der Waals surface area contributed by atoms with E-state index in [-0.39, 0.29) is 19.4 Å². The number of likely N-dealkylation sites (N-methyl/N-ethyl adjacent to an activating group) is 1. The highest BCUT2D eigenvalue weighted by atomic mass is 16.7. The summed E-state index contributed by atoms with van der Waals surface area (Å²) in [5.74, 6) is 1.74. The molecule has 1 aliphatic rings. The van der Waals surface area contributed by atoms with Gasteiger partial charge in [-0.2, -0.15) is 0 Å². The van der Waals surface area contributed by atoms with Crippen LogP contribution in [0.1, 0.15) is 22.8 Å². The lowest BCUT2D eigenvalue weighted by Crippen LogP contribution is -2.32. The van der Waals surface area contributed by atoms with Gasteiger partial charge in [-0.3, -0.25) is 4.90 Å². The number of aliphatic hydroxyl groups is 1. The number of carbonyl (C=O) groups excluding carboxylic acids is 1. The molecule has 7 nitrogen and oxygen atoms in total. The van der Waals surface area contributed by atoms with Crippen LogP contribution in [-0.4, -0.2) is 55.7 Å². The molecule has 1 N–H and O–H groups in total. The molecule has 0 radical (unpaired) electrons. The average Bonchev–Trinajstić information content (AvgIpc) is 3.14. The zero-order valence-corrected chi connectivity index (χ0v) is 16.1. The van der Waals surface area contributed by atoms with Crippen LogP contribution in [0, 0.1) is 0 Å². The van der Waals surface area contributed by atoms with Crippen molar-refractivity contribution >= 4 is 5.97 Å². The zero-order chi connectivity index (χ0) is 19.9. The number of nitrogens with zero attached hydrogens (tertiary/aromatic N) is 1. The molecule has 150 valence electrons. The number of fused-ring (bicyclic) bond motifs is 1. The van der Waals surface area contributed by atoms with Crippen molar-refractivity contribution in [2.24, 2.45) is 0 Å². The number of aliphatic hydroxyl groups excluding tert-OH is 1. The van der Waals surface area contributed by atoms with Gasteiger partial charge in [-0.15, -0.1) is 0 Å². The molecular weight excluding hydrogens is 362 g/mol. The number of hydrogen-bond acceptors (Lipinski definition) is 7. The molecule has 0 fully saturated rings. The number of benzene rings is 2. The van der Waals surface area contributed by atoms with E-state index in [9.17, 15) is 9.90 Å². The molecule has 1 aliphatic heterocycles. The maximum Gasteiger partial charge on any atom is 0.338 e. The van der Waals surface area contributed by atoms with E-state index in [1.54, 1.807) is 31.2 Å². The fraction of sp³-hybridized carbons (Fsp3) is 0.381. The van der Waals surface area contributed by atoms with Crippen LogP contribution in [0.2, 0.25) is 0 Å². The Morgan fingerprint density at radius 3 is 2.68 bits per heavy atom. The highest BCUT2D eigenvalue weighted by Gasteiger charge is 2.15. The Morgan fingerprint density at radius 2 is 1.93 bits per heavy atom. The topological polar surface area (TPSA) is 77.5 Å². The van der Waals surface area contributed by atoms with E-state index < -0.39 is 6.10 Å². The summed E-state index contributed by atoms with van der Waals surface area (Å²) in [5.41, 5.74) is 1.55. The third kappa shape index (κ3) is 5.37. The Hall–Kier alpha value is -2.77. The molecule has 0 amide bonds. The largest absolute Gasteiger partial charge is 0.491 e. The summed E-state index contributed by atoms with van der Waals surface area (Å²) in [6.07, 6.45) is -0.649. The van der Waals surface area contributed by atoms with Gasteiger partial charge in [0.2, 0.25) is 6.79 Å². The average molecular weight is 387 g/mol. The Labute approximate surface area is 164 Å². The normalized spacial score (nSPS) is 13.4. The molecule has 0 spiro atoms. The Balaban J connectivity index is 1.43. The van der Waals surface area contributed by atoms with Crippen LogP contribution in [0.5, 0.6) is 17.2 Å². The molecule has 0 unspecified atom stereocenters. The lowest BCUT2D eigenvalue weighted by molar-refractivity contribution is 0.0525. The standard InChI is InChI=1S/C21H25NO6/c1-3-25-21(24)16-5-7-18(8-6-16)26-13-17(23)12-22(2)11-15-4-9-19-20(10-15)28-14-27-19/h4-10,17,23H,3,11-14H2,1-2H3/t17-/m0/s1. The van der Waals surface area contributed by atoms with E-state index in [0.717, 1.165) is 17.1 Å². The van der Waals surface area contributed by atoms with Gasteiger partial charge in [0.25, 0.3) is 0 Å². The molecule has 28 heavy (non-hydrogen) atoms. The van der Waals surface area contributed by atoms with Gasteiger partial charge in [-0.1, -0.05) is 6.07 Å². The first kappa shape index (κ1) is 20.0. The van der Waals surface area contributed by atoms with Gasteiger partial charge in [-0.25, -0.2) is 4.79 Å². The van der Waals surface area contributed by atoms with Gasteiger partial charge in [0.05, 0.1) is 12.2 Å². The van der Waals surface area contributed by atoms with Crippen molar-refractivity contribution in [2.45, 2.75) is 19.6 Å². The van der Waals surface area contributed by atoms with Crippen molar-refractivity contribution in [2.75, 3.05) is 33.6 Å². The van der Waals surface area contributed by atoms with Gasteiger partial charge >= 0.3 is 5.97 Å². The van der Waals surface area contributed by atoms with E-state index in [1.165, 1.54) is 0 Å². The second-order valence-corrected chi connectivity index (χ2v) is 6.59. The molecule has 1 heterocycles. The quantitative estimate of drug-likeness (QED) is 0.662. The smallest absolute Gasteiger partial charge is 0.338 e. The first-order valence-corrected chi connectivity index (χ1v) is 9.20. The summed E-state index contributed by atoms with van der Waals surface area (Å²) < 4.78 is 21.3. The number of carbonyl (C=O) groups is 1. The number of hydrogen-bond donors (Lipinski definition) is 1. The van der Waals surface area contributed by atoms with E-state index in [4.69, 9.17) is 18.9 Å². The van der Waals surface area contributed by atoms with Crippen LogP contribution in [0.3, 0.4) is 0 Å². The van der Waals surface area contributed by atoms with Crippen LogP contribution in [-0.2, 0) is 11.3 Å². The maximum absolute atomic E-state index is 11.6. The summed E-state index contributed by atoms with van der Waals surface area (Å²) >= 11 is 0. The summed E-state index contributed by atoms with van der Waals surface area (Å²) in [4.78, 5) is 13.6. The number of ether oxygens (including phenoxy) is 4. The number of esters is 1. The third-order valence-corrected chi connectivity index (χ3v) is 4.22. The molecule has 3 rings (SSSR count). The predicted molar refractivity (Wildman–Crippen MR) is 103 cm³/mol. The molecule has 2 aromatic carbocycles. The molecule has 0 aromatic heterocycles.